The maximum Gasteiger partial charge on any atom is 0.355 e. The number of aromatic nitrogens is 1. The summed E-state index contributed by atoms with van der Waals surface area (Å²) < 4.78 is 0. The second-order valence-electron chi connectivity index (χ2n) is 4.96. The average molecular weight is 376 g/mol. The monoisotopic (exact) mass is 376 g/mol. The van der Waals surface area contributed by atoms with Gasteiger partial charge in [-0.25, -0.2) is 24.2 Å². The van der Waals surface area contributed by atoms with Crippen molar-refractivity contribution in [3.05, 3.63) is 56.9 Å². The molecule has 4 N–H and O–H groups in total. The van der Waals surface area contributed by atoms with Gasteiger partial charge in [0.15, 0.2) is 11.4 Å². The van der Waals surface area contributed by atoms with Gasteiger partial charge in [-0.05, 0) is 5.56 Å². The van der Waals surface area contributed by atoms with Crippen LogP contribution in [0.5, 0.6) is 0 Å². The van der Waals surface area contributed by atoms with Gasteiger partial charge in [0.1, 0.15) is 11.1 Å². The Morgan fingerprint density at radius 2 is 1.33 bits per heavy atom. The van der Waals surface area contributed by atoms with Crippen LogP contribution < -0.4 is 0 Å². The molecule has 0 aliphatic carbocycles. The Kier molecular flexibility index (Phi) is 4.83. The van der Waals surface area contributed by atoms with Crippen molar-refractivity contribution in [2.24, 2.45) is 0 Å². The van der Waals surface area contributed by atoms with E-state index in [9.17, 15) is 49.7 Å². The predicted octanol–water partition coefficient (Wildman–Crippen LogP) is 1.45. The number of nitrogens with zero attached hydrogens (tertiary/aromatic N) is 2. The number of nitro groups is 1. The van der Waals surface area contributed by atoms with Crippen molar-refractivity contribution >= 4 is 29.6 Å². The summed E-state index contributed by atoms with van der Waals surface area (Å²) in [6, 6.07) is 4.01. The Morgan fingerprint density at radius 1 is 0.852 bits per heavy atom. The van der Waals surface area contributed by atoms with Crippen LogP contribution in [0, 0.1) is 10.1 Å². The van der Waals surface area contributed by atoms with Gasteiger partial charge in [-0.15, -0.1) is 0 Å². The van der Waals surface area contributed by atoms with E-state index in [1.54, 1.807) is 0 Å². The van der Waals surface area contributed by atoms with Gasteiger partial charge >= 0.3 is 23.9 Å². The fraction of sp³-hybridized carbons (Fsp3) is 0. The third-order valence-electron chi connectivity index (χ3n) is 3.38. The zero-order valence-corrected chi connectivity index (χ0v) is 12.9. The van der Waals surface area contributed by atoms with E-state index in [0.29, 0.717) is 0 Å². The average Bonchev–Trinajstić information content (AvgIpc) is 2.59. The molecular formula is C15H8N2O10. The number of hydrogen-bond donors (Lipinski definition) is 4. The molecule has 1 heterocycles. The second kappa shape index (κ2) is 6.87. The van der Waals surface area contributed by atoms with Gasteiger partial charge < -0.3 is 20.4 Å². The molecule has 0 saturated heterocycles. The topological polar surface area (TPSA) is 205 Å². The van der Waals surface area contributed by atoms with Crippen LogP contribution in [0.3, 0.4) is 0 Å². The lowest BCUT2D eigenvalue weighted by Gasteiger charge is -2.14. The van der Waals surface area contributed by atoms with Crippen molar-refractivity contribution in [2.75, 3.05) is 0 Å². The van der Waals surface area contributed by atoms with E-state index >= 15 is 0 Å². The lowest BCUT2D eigenvalue weighted by molar-refractivity contribution is -0.384. The fourth-order valence-corrected chi connectivity index (χ4v) is 2.38. The molecular weight excluding hydrogens is 368 g/mol. The summed E-state index contributed by atoms with van der Waals surface area (Å²) in [6.07, 6.45) is 0. The highest BCUT2D eigenvalue weighted by atomic mass is 16.6. The largest absolute Gasteiger partial charge is 0.478 e. The Bertz CT molecular complexity index is 977. The Hall–Kier alpha value is -4.35. The molecule has 12 heteroatoms. The van der Waals surface area contributed by atoms with E-state index in [2.05, 4.69) is 4.98 Å². The van der Waals surface area contributed by atoms with Gasteiger partial charge in [-0.3, -0.25) is 10.1 Å². The molecule has 0 radical (unpaired) electrons. The maximum atomic E-state index is 11.6. The van der Waals surface area contributed by atoms with E-state index in [-0.39, 0.29) is 5.56 Å². The Morgan fingerprint density at radius 3 is 1.70 bits per heavy atom. The molecule has 0 saturated carbocycles. The highest BCUT2D eigenvalue weighted by molar-refractivity contribution is 6.14. The number of nitro benzene ring substituents is 1. The number of hydrogen-bond acceptors (Lipinski definition) is 7. The highest BCUT2D eigenvalue weighted by Crippen LogP contribution is 2.33. The van der Waals surface area contributed by atoms with Crippen LogP contribution >= 0.6 is 0 Å². The van der Waals surface area contributed by atoms with Crippen LogP contribution in [0.1, 0.15) is 41.7 Å². The first-order chi connectivity index (χ1) is 12.6. The SMILES string of the molecule is O=C(O)c1nc(C(=O)O)c(C(=O)O)c(-c2cccc([N+](=O)[O-])c2)c1C(=O)O. The van der Waals surface area contributed by atoms with Crippen LogP contribution in [0.25, 0.3) is 11.1 Å². The summed E-state index contributed by atoms with van der Waals surface area (Å²) >= 11 is 0. The van der Waals surface area contributed by atoms with E-state index in [1.165, 1.54) is 0 Å². The molecule has 2 aromatic rings. The quantitative estimate of drug-likeness (QED) is 0.419. The standard InChI is InChI=1S/C15H8N2O10/c18-12(19)8-7(5-2-1-3-6(4-5)17(26)27)9(13(20)21)11(15(24)25)16-10(8)14(22)23/h1-4H,(H,18,19)(H,20,21)(H,22,23)(H,24,25). The fourth-order valence-electron chi connectivity index (χ4n) is 2.38. The minimum atomic E-state index is -1.92. The molecule has 0 spiro atoms. The summed E-state index contributed by atoms with van der Waals surface area (Å²) in [5, 5.41) is 48.1. The van der Waals surface area contributed by atoms with Crippen LogP contribution in [-0.4, -0.2) is 54.2 Å². The maximum absolute atomic E-state index is 11.6. The number of pyridine rings is 1. The zero-order valence-electron chi connectivity index (χ0n) is 12.9. The summed E-state index contributed by atoms with van der Waals surface area (Å²) in [5.41, 5.74) is -6.38. The summed E-state index contributed by atoms with van der Waals surface area (Å²) in [6.45, 7) is 0. The van der Waals surface area contributed by atoms with Gasteiger partial charge in [0.25, 0.3) is 5.69 Å². The smallest absolute Gasteiger partial charge is 0.355 e. The van der Waals surface area contributed by atoms with E-state index < -0.39 is 62.6 Å². The van der Waals surface area contributed by atoms with Gasteiger partial charge in [-0.2, -0.15) is 0 Å². The normalized spacial score (nSPS) is 10.2. The molecule has 138 valence electrons. The zero-order chi connectivity index (χ0) is 20.5. The first-order valence-electron chi connectivity index (χ1n) is 6.82. The number of benzene rings is 1. The van der Waals surface area contributed by atoms with Crippen molar-refractivity contribution in [3.8, 4) is 11.1 Å². The van der Waals surface area contributed by atoms with E-state index in [4.69, 9.17) is 0 Å². The minimum Gasteiger partial charge on any atom is -0.478 e. The Labute approximate surface area is 148 Å². The van der Waals surface area contributed by atoms with Crippen molar-refractivity contribution in [2.45, 2.75) is 0 Å². The highest BCUT2D eigenvalue weighted by Gasteiger charge is 2.33. The molecule has 27 heavy (non-hydrogen) atoms. The predicted molar refractivity (Wildman–Crippen MR) is 84.2 cm³/mol. The van der Waals surface area contributed by atoms with Crippen LogP contribution in [-0.2, 0) is 0 Å². The first-order valence-corrected chi connectivity index (χ1v) is 6.82. The van der Waals surface area contributed by atoms with Gasteiger partial charge in [0.05, 0.1) is 4.92 Å². The summed E-state index contributed by atoms with van der Waals surface area (Å²) in [4.78, 5) is 59.2. The van der Waals surface area contributed by atoms with Crippen molar-refractivity contribution < 1.29 is 44.5 Å². The molecule has 0 bridgehead atoms. The number of rotatable bonds is 6. The van der Waals surface area contributed by atoms with Crippen molar-refractivity contribution in [3.63, 3.8) is 0 Å². The molecule has 0 aliphatic rings. The first kappa shape index (κ1) is 19.0. The number of aromatic carboxylic acids is 4. The Balaban J connectivity index is 3.12. The van der Waals surface area contributed by atoms with Gasteiger partial charge in [0.2, 0.25) is 0 Å². The van der Waals surface area contributed by atoms with E-state index in [1.807, 2.05) is 0 Å². The number of non-ortho nitro benzene ring substituents is 1. The number of carboxylic acid groups (broad SMARTS) is 4. The molecule has 0 amide bonds. The van der Waals surface area contributed by atoms with Crippen molar-refractivity contribution in [1.82, 2.24) is 4.98 Å². The van der Waals surface area contributed by atoms with E-state index in [0.717, 1.165) is 24.3 Å². The third kappa shape index (κ3) is 3.39. The number of carbonyl (C=O) groups is 4. The van der Waals surface area contributed by atoms with Gasteiger partial charge in [0, 0.05) is 17.7 Å². The summed E-state index contributed by atoms with van der Waals surface area (Å²) in [7, 11) is 0. The van der Waals surface area contributed by atoms with Crippen LogP contribution in [0.15, 0.2) is 24.3 Å². The van der Waals surface area contributed by atoms with Gasteiger partial charge in [-0.1, -0.05) is 12.1 Å². The molecule has 0 unspecified atom stereocenters. The second-order valence-corrected chi connectivity index (χ2v) is 4.96. The molecule has 1 aromatic heterocycles. The molecule has 0 aliphatic heterocycles. The molecule has 1 aromatic carbocycles. The lowest BCUT2D eigenvalue weighted by Crippen LogP contribution is -2.21. The minimum absolute atomic E-state index is 0.369. The molecule has 2 rings (SSSR count). The van der Waals surface area contributed by atoms with Crippen LogP contribution in [0.2, 0.25) is 0 Å². The summed E-state index contributed by atoms with van der Waals surface area (Å²) in [5.74, 6) is -7.64. The molecule has 0 atom stereocenters. The van der Waals surface area contributed by atoms with Crippen LogP contribution in [0.4, 0.5) is 5.69 Å². The molecule has 0 fully saturated rings. The van der Waals surface area contributed by atoms with Crippen molar-refractivity contribution in [1.29, 1.82) is 0 Å². The third-order valence-corrected chi connectivity index (χ3v) is 3.38. The number of carboxylic acids is 4. The molecule has 12 nitrogen and oxygen atoms in total. The lowest BCUT2D eigenvalue weighted by atomic mass is 9.91.